The molecule has 4 nitrogen and oxygen atoms in total. The van der Waals surface area contributed by atoms with Gasteiger partial charge in [0.05, 0.1) is 5.69 Å². The molecular formula is C21H20N2O2S. The number of Topliss-reactive ketones (excluding diaryl/α,β-unsaturated/α-hetero) is 1. The van der Waals surface area contributed by atoms with Gasteiger partial charge in [0.25, 0.3) is 0 Å². The number of hydrogen-bond acceptors (Lipinski definition) is 4. The van der Waals surface area contributed by atoms with Crippen molar-refractivity contribution in [1.29, 1.82) is 0 Å². The number of carbonyl (C=O) groups excluding carboxylic acids is 2. The highest BCUT2D eigenvalue weighted by Crippen LogP contribution is 2.29. The van der Waals surface area contributed by atoms with Gasteiger partial charge < -0.3 is 5.32 Å². The molecule has 0 unspecified atom stereocenters. The Balaban J connectivity index is 1.64. The zero-order valence-electron chi connectivity index (χ0n) is 14.6. The molecule has 0 fully saturated rings. The lowest BCUT2D eigenvalue weighted by Gasteiger charge is -2.03. The minimum absolute atomic E-state index is 0.0713. The fourth-order valence-electron chi connectivity index (χ4n) is 2.61. The summed E-state index contributed by atoms with van der Waals surface area (Å²) >= 11 is 1.61. The van der Waals surface area contributed by atoms with E-state index >= 15 is 0 Å². The second-order valence-corrected chi connectivity index (χ2v) is 6.85. The summed E-state index contributed by atoms with van der Waals surface area (Å²) in [6, 6.07) is 18.0. The monoisotopic (exact) mass is 364 g/mol. The molecule has 0 aliphatic rings. The molecule has 0 aliphatic heterocycles. The molecule has 1 heterocycles. The largest absolute Gasteiger partial charge is 0.359 e. The van der Waals surface area contributed by atoms with Crippen molar-refractivity contribution in [2.24, 2.45) is 0 Å². The number of carbonyl (C=O) groups is 2. The number of rotatable bonds is 7. The summed E-state index contributed by atoms with van der Waals surface area (Å²) in [5, 5.41) is 5.54. The first kappa shape index (κ1) is 18.0. The van der Waals surface area contributed by atoms with Crippen molar-refractivity contribution in [2.45, 2.75) is 19.3 Å². The third kappa shape index (κ3) is 4.64. The van der Waals surface area contributed by atoms with E-state index in [9.17, 15) is 9.59 Å². The van der Waals surface area contributed by atoms with E-state index < -0.39 is 0 Å². The highest BCUT2D eigenvalue weighted by atomic mass is 32.1. The van der Waals surface area contributed by atoms with E-state index in [-0.39, 0.29) is 24.5 Å². The Labute approximate surface area is 156 Å². The van der Waals surface area contributed by atoms with Crippen molar-refractivity contribution >= 4 is 23.0 Å². The Hall–Kier alpha value is -2.79. The first-order chi connectivity index (χ1) is 12.7. The standard InChI is InChI=1S/C21H20N2O2S/c1-22-20(25)12-11-18(24)13-15-7-9-17(10-8-15)21-23-19(14-26-21)16-5-3-2-4-6-16/h2-10,14H,11-13H2,1H3,(H,22,25). The molecule has 3 rings (SSSR count). The van der Waals surface area contributed by atoms with Crippen LogP contribution in [-0.2, 0) is 16.0 Å². The zero-order valence-corrected chi connectivity index (χ0v) is 15.4. The highest BCUT2D eigenvalue weighted by Gasteiger charge is 2.09. The minimum atomic E-state index is -0.105. The average molecular weight is 364 g/mol. The van der Waals surface area contributed by atoms with E-state index in [4.69, 9.17) is 4.98 Å². The van der Waals surface area contributed by atoms with Crippen LogP contribution in [0, 0.1) is 0 Å². The second-order valence-electron chi connectivity index (χ2n) is 5.99. The molecule has 1 aromatic heterocycles. The van der Waals surface area contributed by atoms with Crippen molar-refractivity contribution in [3.05, 3.63) is 65.5 Å². The summed E-state index contributed by atoms with van der Waals surface area (Å²) in [5.41, 5.74) is 4.07. The van der Waals surface area contributed by atoms with Crippen LogP contribution in [-0.4, -0.2) is 23.7 Å². The number of hydrogen-bond donors (Lipinski definition) is 1. The van der Waals surface area contributed by atoms with Gasteiger partial charge in [-0.2, -0.15) is 0 Å². The third-order valence-corrected chi connectivity index (χ3v) is 4.98. The number of thiazole rings is 1. The lowest BCUT2D eigenvalue weighted by atomic mass is 10.0. The van der Waals surface area contributed by atoms with E-state index in [1.54, 1.807) is 18.4 Å². The number of ketones is 1. The second kappa shape index (κ2) is 8.54. The Morgan fingerprint density at radius 3 is 2.38 bits per heavy atom. The predicted molar refractivity (Wildman–Crippen MR) is 105 cm³/mol. The fourth-order valence-corrected chi connectivity index (χ4v) is 3.44. The SMILES string of the molecule is CNC(=O)CCC(=O)Cc1ccc(-c2nc(-c3ccccc3)cs2)cc1. The molecular weight excluding hydrogens is 344 g/mol. The van der Waals surface area contributed by atoms with Crippen molar-refractivity contribution in [3.63, 3.8) is 0 Å². The van der Waals surface area contributed by atoms with E-state index in [2.05, 4.69) is 10.7 Å². The average Bonchev–Trinajstić information content (AvgIpc) is 3.17. The molecule has 0 radical (unpaired) electrons. The quantitative estimate of drug-likeness (QED) is 0.686. The molecule has 1 amide bonds. The molecule has 3 aromatic rings. The van der Waals surface area contributed by atoms with Crippen LogP contribution in [0.1, 0.15) is 18.4 Å². The molecule has 0 bridgehead atoms. The van der Waals surface area contributed by atoms with Crippen LogP contribution in [0.4, 0.5) is 0 Å². The highest BCUT2D eigenvalue weighted by molar-refractivity contribution is 7.13. The molecule has 132 valence electrons. The van der Waals surface area contributed by atoms with E-state index in [0.717, 1.165) is 27.4 Å². The summed E-state index contributed by atoms with van der Waals surface area (Å²) in [4.78, 5) is 27.9. The van der Waals surface area contributed by atoms with Crippen LogP contribution >= 0.6 is 11.3 Å². The number of benzene rings is 2. The summed E-state index contributed by atoms with van der Waals surface area (Å²) in [6.45, 7) is 0. The minimum Gasteiger partial charge on any atom is -0.359 e. The Morgan fingerprint density at radius 1 is 0.962 bits per heavy atom. The fraction of sp³-hybridized carbons (Fsp3) is 0.190. The van der Waals surface area contributed by atoms with E-state index in [1.165, 1.54) is 0 Å². The van der Waals surface area contributed by atoms with E-state index in [1.807, 2.05) is 54.6 Å². The van der Waals surface area contributed by atoms with Gasteiger partial charge in [0.15, 0.2) is 0 Å². The number of aromatic nitrogens is 1. The van der Waals surface area contributed by atoms with Gasteiger partial charge in [0.2, 0.25) is 5.91 Å². The van der Waals surface area contributed by atoms with Crippen LogP contribution in [0.25, 0.3) is 21.8 Å². The van der Waals surface area contributed by atoms with Gasteiger partial charge in [-0.05, 0) is 5.56 Å². The topological polar surface area (TPSA) is 59.1 Å². The molecule has 2 aromatic carbocycles. The maximum absolute atomic E-state index is 12.0. The molecule has 5 heteroatoms. The first-order valence-electron chi connectivity index (χ1n) is 8.48. The zero-order chi connectivity index (χ0) is 18.4. The number of nitrogens with one attached hydrogen (secondary N) is 1. The molecule has 1 N–H and O–H groups in total. The van der Waals surface area contributed by atoms with Crippen LogP contribution in [0.3, 0.4) is 0 Å². The van der Waals surface area contributed by atoms with Crippen molar-refractivity contribution < 1.29 is 9.59 Å². The van der Waals surface area contributed by atoms with Crippen LogP contribution in [0.5, 0.6) is 0 Å². The van der Waals surface area contributed by atoms with Gasteiger partial charge in [-0.1, -0.05) is 54.6 Å². The van der Waals surface area contributed by atoms with Gasteiger partial charge >= 0.3 is 0 Å². The van der Waals surface area contributed by atoms with Gasteiger partial charge in [-0.3, -0.25) is 9.59 Å². The molecule has 0 saturated heterocycles. The van der Waals surface area contributed by atoms with Gasteiger partial charge in [0, 0.05) is 42.8 Å². The van der Waals surface area contributed by atoms with E-state index in [0.29, 0.717) is 6.42 Å². The lowest BCUT2D eigenvalue weighted by molar-refractivity contribution is -0.124. The summed E-state index contributed by atoms with van der Waals surface area (Å²) < 4.78 is 0. The molecule has 0 atom stereocenters. The van der Waals surface area contributed by atoms with Crippen molar-refractivity contribution in [3.8, 4) is 21.8 Å². The third-order valence-electron chi connectivity index (χ3n) is 4.09. The molecule has 0 aliphatic carbocycles. The van der Waals surface area contributed by atoms with Gasteiger partial charge in [-0.15, -0.1) is 11.3 Å². The molecule has 0 spiro atoms. The maximum atomic E-state index is 12.0. The first-order valence-corrected chi connectivity index (χ1v) is 9.36. The summed E-state index contributed by atoms with van der Waals surface area (Å²) in [6.07, 6.45) is 0.869. The Bertz CT molecular complexity index is 886. The molecule has 0 saturated carbocycles. The van der Waals surface area contributed by atoms with Gasteiger partial charge in [0.1, 0.15) is 10.8 Å². The van der Waals surface area contributed by atoms with Gasteiger partial charge in [-0.25, -0.2) is 4.98 Å². The Morgan fingerprint density at radius 2 is 1.69 bits per heavy atom. The van der Waals surface area contributed by atoms with Crippen molar-refractivity contribution in [1.82, 2.24) is 10.3 Å². The lowest BCUT2D eigenvalue weighted by Crippen LogP contribution is -2.18. The number of nitrogens with zero attached hydrogens (tertiary/aromatic N) is 1. The molecule has 26 heavy (non-hydrogen) atoms. The van der Waals surface area contributed by atoms with Crippen LogP contribution < -0.4 is 5.32 Å². The predicted octanol–water partition coefficient (Wildman–Crippen LogP) is 4.11. The maximum Gasteiger partial charge on any atom is 0.220 e. The Kier molecular flexibility index (Phi) is 5.92. The van der Waals surface area contributed by atoms with Crippen LogP contribution in [0.15, 0.2) is 60.0 Å². The summed E-state index contributed by atoms with van der Waals surface area (Å²) in [5.74, 6) is -0.0337. The summed E-state index contributed by atoms with van der Waals surface area (Å²) in [7, 11) is 1.58. The normalized spacial score (nSPS) is 10.5. The van der Waals surface area contributed by atoms with Crippen LogP contribution in [0.2, 0.25) is 0 Å². The smallest absolute Gasteiger partial charge is 0.220 e. The number of amides is 1. The van der Waals surface area contributed by atoms with Crippen molar-refractivity contribution in [2.75, 3.05) is 7.05 Å².